The van der Waals surface area contributed by atoms with E-state index >= 15 is 0 Å². The Bertz CT molecular complexity index is 535. The molecule has 0 radical (unpaired) electrons. The van der Waals surface area contributed by atoms with Crippen molar-refractivity contribution in [3.05, 3.63) is 29.8 Å². The number of hydrogen-bond donors (Lipinski definition) is 1. The van der Waals surface area contributed by atoms with Gasteiger partial charge in [0.1, 0.15) is 6.10 Å². The highest BCUT2D eigenvalue weighted by molar-refractivity contribution is 7.99. The smallest absolute Gasteiger partial charge is 0.251 e. The molecule has 3 rings (SSSR count). The van der Waals surface area contributed by atoms with E-state index in [0.29, 0.717) is 6.04 Å². The van der Waals surface area contributed by atoms with Crippen LogP contribution in [0.5, 0.6) is 0 Å². The molecule has 1 saturated heterocycles. The molecule has 1 fully saturated rings. The van der Waals surface area contributed by atoms with Crippen molar-refractivity contribution in [1.82, 2.24) is 10.2 Å². The van der Waals surface area contributed by atoms with Crippen LogP contribution in [-0.4, -0.2) is 49.4 Å². The standard InChI is InChI=1S/C17H24N2O2S/c1-19(2)17(20)15-8-7-12(21-15)11-18-14-9-10-22-16-6-4-3-5-13(14)16/h3-6,12,14-15,18H,7-11H2,1-2H3/t12-,14-,15+/m1/s1. The van der Waals surface area contributed by atoms with Gasteiger partial charge < -0.3 is 15.0 Å². The maximum atomic E-state index is 11.9. The number of nitrogens with zero attached hydrogens (tertiary/aromatic N) is 1. The monoisotopic (exact) mass is 320 g/mol. The third-order valence-electron chi connectivity index (χ3n) is 4.37. The third-order valence-corrected chi connectivity index (χ3v) is 5.50. The van der Waals surface area contributed by atoms with Gasteiger partial charge in [0.25, 0.3) is 5.91 Å². The molecule has 0 saturated carbocycles. The van der Waals surface area contributed by atoms with Crippen LogP contribution in [0.3, 0.4) is 0 Å². The van der Waals surface area contributed by atoms with Crippen LogP contribution >= 0.6 is 11.8 Å². The van der Waals surface area contributed by atoms with E-state index in [1.165, 1.54) is 10.5 Å². The van der Waals surface area contributed by atoms with E-state index < -0.39 is 0 Å². The summed E-state index contributed by atoms with van der Waals surface area (Å²) in [5.74, 6) is 1.24. The van der Waals surface area contributed by atoms with Gasteiger partial charge in [0.05, 0.1) is 6.10 Å². The van der Waals surface area contributed by atoms with Gasteiger partial charge in [-0.25, -0.2) is 0 Å². The summed E-state index contributed by atoms with van der Waals surface area (Å²) < 4.78 is 5.90. The van der Waals surface area contributed by atoms with Gasteiger partial charge in [-0.3, -0.25) is 4.79 Å². The molecule has 2 aliphatic heterocycles. The Morgan fingerprint density at radius 3 is 2.95 bits per heavy atom. The van der Waals surface area contributed by atoms with Gasteiger partial charge in [-0.05, 0) is 36.6 Å². The molecule has 0 aliphatic carbocycles. The molecule has 1 N–H and O–H groups in total. The van der Waals surface area contributed by atoms with Gasteiger partial charge >= 0.3 is 0 Å². The van der Waals surface area contributed by atoms with Gasteiger partial charge in [-0.15, -0.1) is 11.8 Å². The van der Waals surface area contributed by atoms with Gasteiger partial charge in [0.15, 0.2) is 0 Å². The topological polar surface area (TPSA) is 41.6 Å². The molecule has 22 heavy (non-hydrogen) atoms. The zero-order chi connectivity index (χ0) is 15.5. The molecule has 2 aliphatic rings. The molecule has 0 spiro atoms. The highest BCUT2D eigenvalue weighted by atomic mass is 32.2. The number of thioether (sulfide) groups is 1. The lowest BCUT2D eigenvalue weighted by molar-refractivity contribution is -0.140. The Morgan fingerprint density at radius 1 is 1.32 bits per heavy atom. The number of fused-ring (bicyclic) bond motifs is 1. The third kappa shape index (κ3) is 3.47. The van der Waals surface area contributed by atoms with E-state index in [4.69, 9.17) is 4.74 Å². The largest absolute Gasteiger partial charge is 0.364 e. The quantitative estimate of drug-likeness (QED) is 0.925. The van der Waals surface area contributed by atoms with E-state index in [9.17, 15) is 4.79 Å². The first-order valence-corrected chi connectivity index (χ1v) is 8.95. The predicted molar refractivity (Wildman–Crippen MR) is 89.1 cm³/mol. The zero-order valence-electron chi connectivity index (χ0n) is 13.2. The van der Waals surface area contributed by atoms with Crippen LogP contribution in [0.25, 0.3) is 0 Å². The number of rotatable bonds is 4. The van der Waals surface area contributed by atoms with Gasteiger partial charge in [-0.2, -0.15) is 0 Å². The Hall–Kier alpha value is -1.04. The number of ether oxygens (including phenoxy) is 1. The van der Waals surface area contributed by atoms with E-state index in [1.54, 1.807) is 19.0 Å². The second-order valence-electron chi connectivity index (χ2n) is 6.19. The molecular weight excluding hydrogens is 296 g/mol. The second-order valence-corrected chi connectivity index (χ2v) is 7.33. The van der Waals surface area contributed by atoms with Crippen molar-refractivity contribution in [1.29, 1.82) is 0 Å². The summed E-state index contributed by atoms with van der Waals surface area (Å²) in [7, 11) is 3.57. The van der Waals surface area contributed by atoms with Crippen LogP contribution in [0, 0.1) is 0 Å². The fourth-order valence-electron chi connectivity index (χ4n) is 3.15. The van der Waals surface area contributed by atoms with E-state index in [0.717, 1.165) is 31.6 Å². The van der Waals surface area contributed by atoms with Crippen molar-refractivity contribution in [2.24, 2.45) is 0 Å². The number of carbonyl (C=O) groups is 1. The summed E-state index contributed by atoms with van der Waals surface area (Å²) in [6.45, 7) is 0.820. The Morgan fingerprint density at radius 2 is 2.14 bits per heavy atom. The normalized spacial score (nSPS) is 27.5. The van der Waals surface area contributed by atoms with Crippen molar-refractivity contribution in [2.45, 2.75) is 42.4 Å². The molecule has 120 valence electrons. The van der Waals surface area contributed by atoms with Gasteiger partial charge in [0.2, 0.25) is 0 Å². The molecule has 1 amide bonds. The van der Waals surface area contributed by atoms with Crippen LogP contribution < -0.4 is 5.32 Å². The van der Waals surface area contributed by atoms with Crippen LogP contribution in [0.4, 0.5) is 0 Å². The van der Waals surface area contributed by atoms with Crippen molar-refractivity contribution in [3.63, 3.8) is 0 Å². The fourth-order valence-corrected chi connectivity index (χ4v) is 4.28. The molecular formula is C17H24N2O2S. The molecule has 2 heterocycles. The van der Waals surface area contributed by atoms with Crippen LogP contribution in [0.15, 0.2) is 29.2 Å². The van der Waals surface area contributed by atoms with Crippen LogP contribution in [-0.2, 0) is 9.53 Å². The fraction of sp³-hybridized carbons (Fsp3) is 0.588. The number of amides is 1. The number of hydrogen-bond acceptors (Lipinski definition) is 4. The molecule has 5 heteroatoms. The summed E-state index contributed by atoms with van der Waals surface area (Å²) >= 11 is 1.94. The molecule has 4 nitrogen and oxygen atoms in total. The summed E-state index contributed by atoms with van der Waals surface area (Å²) in [6.07, 6.45) is 2.83. The number of benzene rings is 1. The average Bonchev–Trinajstić information content (AvgIpc) is 3.01. The minimum absolute atomic E-state index is 0.0851. The zero-order valence-corrected chi connectivity index (χ0v) is 14.1. The summed E-state index contributed by atoms with van der Waals surface area (Å²) in [6, 6.07) is 9.03. The van der Waals surface area contributed by atoms with Gasteiger partial charge in [0, 0.05) is 31.6 Å². The number of nitrogens with one attached hydrogen (secondary N) is 1. The minimum Gasteiger partial charge on any atom is -0.364 e. The average molecular weight is 320 g/mol. The number of likely N-dealkylation sites (N-methyl/N-ethyl adjacent to an activating group) is 1. The Labute approximate surface area is 136 Å². The highest BCUT2D eigenvalue weighted by Gasteiger charge is 2.32. The van der Waals surface area contributed by atoms with E-state index in [1.807, 2.05) is 11.8 Å². The molecule has 0 aromatic heterocycles. The van der Waals surface area contributed by atoms with Crippen molar-refractivity contribution in [3.8, 4) is 0 Å². The molecule has 1 aromatic carbocycles. The molecule has 0 unspecified atom stereocenters. The summed E-state index contributed by atoms with van der Waals surface area (Å²) in [5, 5.41) is 3.65. The van der Waals surface area contributed by atoms with E-state index in [-0.39, 0.29) is 18.1 Å². The van der Waals surface area contributed by atoms with Crippen LogP contribution in [0.1, 0.15) is 30.9 Å². The maximum Gasteiger partial charge on any atom is 0.251 e. The first-order valence-electron chi connectivity index (χ1n) is 7.97. The summed E-state index contributed by atoms with van der Waals surface area (Å²) in [5.41, 5.74) is 1.40. The number of carbonyl (C=O) groups excluding carboxylic acids is 1. The predicted octanol–water partition coefficient (Wildman–Crippen LogP) is 2.45. The van der Waals surface area contributed by atoms with Crippen molar-refractivity contribution >= 4 is 17.7 Å². The molecule has 3 atom stereocenters. The second kappa shape index (κ2) is 7.02. The van der Waals surface area contributed by atoms with Crippen molar-refractivity contribution in [2.75, 3.05) is 26.4 Å². The lowest BCUT2D eigenvalue weighted by Crippen LogP contribution is -2.36. The highest BCUT2D eigenvalue weighted by Crippen LogP contribution is 2.36. The van der Waals surface area contributed by atoms with Gasteiger partial charge in [-0.1, -0.05) is 18.2 Å². The lowest BCUT2D eigenvalue weighted by atomic mass is 10.0. The van der Waals surface area contributed by atoms with Crippen molar-refractivity contribution < 1.29 is 9.53 Å². The summed E-state index contributed by atoms with van der Waals surface area (Å²) in [4.78, 5) is 14.9. The minimum atomic E-state index is -0.254. The lowest BCUT2D eigenvalue weighted by Gasteiger charge is -2.27. The molecule has 1 aromatic rings. The van der Waals surface area contributed by atoms with Crippen LogP contribution in [0.2, 0.25) is 0 Å². The first kappa shape index (κ1) is 15.8. The molecule has 0 bridgehead atoms. The Balaban J connectivity index is 1.53. The SMILES string of the molecule is CN(C)C(=O)[C@@H]1CC[C@H](CN[C@@H]2CCSc3ccccc32)O1. The maximum absolute atomic E-state index is 11.9. The Kier molecular flexibility index (Phi) is 5.06. The first-order chi connectivity index (χ1) is 10.6. The van der Waals surface area contributed by atoms with E-state index in [2.05, 4.69) is 29.6 Å².